The highest BCUT2D eigenvalue weighted by Gasteiger charge is 2.17. The van der Waals surface area contributed by atoms with Crippen molar-refractivity contribution >= 4 is 0 Å². The monoisotopic (exact) mass is 372 g/mol. The van der Waals surface area contributed by atoms with E-state index in [1.165, 1.54) is 0 Å². The van der Waals surface area contributed by atoms with E-state index < -0.39 is 0 Å². The Bertz CT molecular complexity index is 291. The Morgan fingerprint density at radius 3 is 1.08 bits per heavy atom. The molecule has 8 nitrogen and oxygen atoms in total. The lowest BCUT2D eigenvalue weighted by Crippen LogP contribution is -2.50. The highest BCUT2D eigenvalue weighted by Crippen LogP contribution is 2.01. The Hall–Kier alpha value is -0.320. The molecule has 8 N–H and O–H groups in total. The molecule has 0 aromatic rings. The van der Waals surface area contributed by atoms with Crippen molar-refractivity contribution in [1.82, 2.24) is 19.6 Å². The van der Waals surface area contributed by atoms with Crippen LogP contribution in [0.15, 0.2) is 0 Å². The summed E-state index contributed by atoms with van der Waals surface area (Å²) in [6.45, 7) is 17.6. The van der Waals surface area contributed by atoms with Gasteiger partial charge in [0.2, 0.25) is 0 Å². The molecule has 1 heterocycles. The third kappa shape index (κ3) is 10.7. The summed E-state index contributed by atoms with van der Waals surface area (Å²) in [7, 11) is 0. The van der Waals surface area contributed by atoms with Crippen LogP contribution in [0, 0.1) is 0 Å². The molecule has 0 amide bonds. The first-order valence-electron chi connectivity index (χ1n) is 10.2. The van der Waals surface area contributed by atoms with E-state index in [2.05, 4.69) is 33.4 Å². The van der Waals surface area contributed by atoms with Gasteiger partial charge in [-0.2, -0.15) is 0 Å². The van der Waals surface area contributed by atoms with Crippen LogP contribution in [0.1, 0.15) is 13.8 Å². The van der Waals surface area contributed by atoms with Gasteiger partial charge < -0.3 is 22.9 Å². The summed E-state index contributed by atoms with van der Waals surface area (Å²) in [5, 5.41) is 0. The average molecular weight is 373 g/mol. The number of nitrogens with zero attached hydrogens (tertiary/aromatic N) is 4. The van der Waals surface area contributed by atoms with E-state index in [1.807, 2.05) is 0 Å². The highest BCUT2D eigenvalue weighted by molar-refractivity contribution is 4.75. The molecule has 1 aliphatic heterocycles. The number of hydrogen-bond donors (Lipinski definition) is 4. The first-order valence-corrected chi connectivity index (χ1v) is 10.2. The molecule has 0 bridgehead atoms. The molecule has 2 unspecified atom stereocenters. The van der Waals surface area contributed by atoms with Gasteiger partial charge in [-0.05, 0) is 13.8 Å². The van der Waals surface area contributed by atoms with Gasteiger partial charge in [-0.15, -0.1) is 0 Å². The van der Waals surface area contributed by atoms with Gasteiger partial charge in [0.25, 0.3) is 0 Å². The zero-order valence-electron chi connectivity index (χ0n) is 17.2. The van der Waals surface area contributed by atoms with Crippen LogP contribution in [-0.4, -0.2) is 123 Å². The van der Waals surface area contributed by atoms with E-state index in [1.54, 1.807) is 0 Å². The van der Waals surface area contributed by atoms with Crippen molar-refractivity contribution in [2.45, 2.75) is 25.9 Å². The molecule has 8 heteroatoms. The summed E-state index contributed by atoms with van der Waals surface area (Å²) >= 11 is 0. The second kappa shape index (κ2) is 13.8. The molecule has 0 aromatic carbocycles. The summed E-state index contributed by atoms with van der Waals surface area (Å²) in [4.78, 5) is 9.92. The molecule has 0 spiro atoms. The van der Waals surface area contributed by atoms with Crippen molar-refractivity contribution in [3.8, 4) is 0 Å². The second-order valence-electron chi connectivity index (χ2n) is 7.82. The molecular weight excluding hydrogens is 328 g/mol. The van der Waals surface area contributed by atoms with Crippen LogP contribution in [0.2, 0.25) is 0 Å². The van der Waals surface area contributed by atoms with E-state index in [0.717, 1.165) is 78.5 Å². The molecule has 26 heavy (non-hydrogen) atoms. The molecule has 156 valence electrons. The fourth-order valence-electron chi connectivity index (χ4n) is 3.57. The van der Waals surface area contributed by atoms with Crippen LogP contribution in [0.4, 0.5) is 0 Å². The van der Waals surface area contributed by atoms with Gasteiger partial charge in [-0.25, -0.2) is 0 Å². The molecule has 1 rings (SSSR count). The van der Waals surface area contributed by atoms with Gasteiger partial charge in [-0.3, -0.25) is 19.6 Å². The molecule has 2 atom stereocenters. The van der Waals surface area contributed by atoms with Crippen molar-refractivity contribution in [2.24, 2.45) is 22.9 Å². The molecular formula is C18H44N8. The summed E-state index contributed by atoms with van der Waals surface area (Å²) in [5.74, 6) is 0. The maximum absolute atomic E-state index is 6.06. The van der Waals surface area contributed by atoms with Crippen molar-refractivity contribution < 1.29 is 0 Å². The average Bonchev–Trinajstić information content (AvgIpc) is 2.56. The van der Waals surface area contributed by atoms with Crippen LogP contribution in [0.25, 0.3) is 0 Å². The predicted octanol–water partition coefficient (Wildman–Crippen LogP) is -2.18. The summed E-state index contributed by atoms with van der Waals surface area (Å²) in [5.41, 5.74) is 23.8. The lowest BCUT2D eigenvalue weighted by molar-refractivity contribution is 0.131. The molecule has 0 aromatic heterocycles. The van der Waals surface area contributed by atoms with E-state index >= 15 is 0 Å². The van der Waals surface area contributed by atoms with Gasteiger partial charge in [-0.1, -0.05) is 0 Å². The topological polar surface area (TPSA) is 117 Å². The van der Waals surface area contributed by atoms with Gasteiger partial charge in [0.15, 0.2) is 0 Å². The molecule has 1 fully saturated rings. The minimum Gasteiger partial charge on any atom is -0.329 e. The lowest BCUT2D eigenvalue weighted by Gasteiger charge is -2.35. The minimum atomic E-state index is 0.190. The zero-order chi connectivity index (χ0) is 19.4. The van der Waals surface area contributed by atoms with Crippen LogP contribution < -0.4 is 22.9 Å². The van der Waals surface area contributed by atoms with Crippen LogP contribution in [0.5, 0.6) is 0 Å². The van der Waals surface area contributed by atoms with Gasteiger partial charge in [0, 0.05) is 104 Å². The largest absolute Gasteiger partial charge is 0.329 e. The zero-order valence-corrected chi connectivity index (χ0v) is 17.2. The van der Waals surface area contributed by atoms with Crippen molar-refractivity contribution in [3.63, 3.8) is 0 Å². The Labute approximate surface area is 160 Å². The first-order chi connectivity index (χ1) is 12.4. The van der Waals surface area contributed by atoms with E-state index in [9.17, 15) is 0 Å². The molecule has 1 aliphatic rings. The Kier molecular flexibility index (Phi) is 12.6. The standard InChI is InChI=1S/C18H44N8/c1-17(21)15-25-11-7-23(5-3-19)9-13-26(16-18(2)22)14-10-24(6-4-20)8-12-25/h17-18H,3-16,19-22H2,1-2H3. The van der Waals surface area contributed by atoms with Crippen molar-refractivity contribution in [2.75, 3.05) is 91.6 Å². The number of nitrogens with two attached hydrogens (primary N) is 4. The highest BCUT2D eigenvalue weighted by atomic mass is 15.3. The van der Waals surface area contributed by atoms with Crippen LogP contribution in [0.3, 0.4) is 0 Å². The van der Waals surface area contributed by atoms with Crippen molar-refractivity contribution in [3.05, 3.63) is 0 Å². The van der Waals surface area contributed by atoms with Crippen molar-refractivity contribution in [1.29, 1.82) is 0 Å². The third-order valence-corrected chi connectivity index (χ3v) is 4.91. The predicted molar refractivity (Wildman–Crippen MR) is 111 cm³/mol. The van der Waals surface area contributed by atoms with Gasteiger partial charge in [0.05, 0.1) is 0 Å². The van der Waals surface area contributed by atoms with Gasteiger partial charge >= 0.3 is 0 Å². The third-order valence-electron chi connectivity index (χ3n) is 4.91. The Morgan fingerprint density at radius 2 is 0.846 bits per heavy atom. The molecule has 0 radical (unpaired) electrons. The Morgan fingerprint density at radius 1 is 0.577 bits per heavy atom. The van der Waals surface area contributed by atoms with E-state index in [-0.39, 0.29) is 12.1 Å². The smallest absolute Gasteiger partial charge is 0.0139 e. The fraction of sp³-hybridized carbons (Fsp3) is 1.00. The molecule has 0 saturated carbocycles. The quantitative estimate of drug-likeness (QED) is 0.380. The Balaban J connectivity index is 2.76. The van der Waals surface area contributed by atoms with E-state index in [4.69, 9.17) is 22.9 Å². The van der Waals surface area contributed by atoms with Crippen LogP contribution in [-0.2, 0) is 0 Å². The SMILES string of the molecule is CC(N)CN1CCN(CCN)CCN(CC(C)N)CCN(CCN)CC1. The van der Waals surface area contributed by atoms with Gasteiger partial charge in [0.1, 0.15) is 0 Å². The maximum atomic E-state index is 6.06. The number of rotatable bonds is 8. The molecule has 1 saturated heterocycles. The lowest BCUT2D eigenvalue weighted by atomic mass is 10.2. The van der Waals surface area contributed by atoms with E-state index in [0.29, 0.717) is 13.1 Å². The van der Waals surface area contributed by atoms with Crippen LogP contribution >= 0.6 is 0 Å². The summed E-state index contributed by atoms with van der Waals surface area (Å²) in [6.07, 6.45) is 0. The first kappa shape index (κ1) is 23.7. The second-order valence-corrected chi connectivity index (χ2v) is 7.82. The summed E-state index contributed by atoms with van der Waals surface area (Å²) in [6, 6.07) is 0.380. The fourth-order valence-corrected chi connectivity index (χ4v) is 3.57. The maximum Gasteiger partial charge on any atom is 0.0139 e. The molecule has 0 aliphatic carbocycles. The number of hydrogen-bond acceptors (Lipinski definition) is 8. The normalized spacial score (nSPS) is 23.3. The minimum absolute atomic E-state index is 0.190. The summed E-state index contributed by atoms with van der Waals surface area (Å²) < 4.78 is 0.